The van der Waals surface area contributed by atoms with Gasteiger partial charge in [-0.3, -0.25) is 0 Å². The quantitative estimate of drug-likeness (QED) is 0.456. The summed E-state index contributed by atoms with van der Waals surface area (Å²) in [7, 11) is 0. The Hall–Kier alpha value is -1.85. The van der Waals surface area contributed by atoms with Crippen LogP contribution in [0.5, 0.6) is 0 Å². The molecule has 96 valence electrons. The lowest BCUT2D eigenvalue weighted by molar-refractivity contribution is 0.0337. The molecule has 1 aliphatic rings. The lowest BCUT2D eigenvalue weighted by Crippen LogP contribution is -2.48. The van der Waals surface area contributed by atoms with Crippen molar-refractivity contribution in [3.8, 4) is 0 Å². The zero-order chi connectivity index (χ0) is 13.1. The van der Waals surface area contributed by atoms with Gasteiger partial charge in [0.15, 0.2) is 0 Å². The Balaban J connectivity index is 2.33. The van der Waals surface area contributed by atoms with E-state index in [9.17, 15) is 0 Å². The van der Waals surface area contributed by atoms with Crippen LogP contribution in [0.1, 0.15) is 19.5 Å². The number of aryl methyl sites for hydroxylation is 1. The minimum atomic E-state index is 0.147. The number of hydrogen-bond donors (Lipinski definition) is 0. The molecule has 1 aromatic heterocycles. The highest BCUT2D eigenvalue weighted by atomic mass is 16.5. The van der Waals surface area contributed by atoms with E-state index in [1.807, 2.05) is 13.8 Å². The molecule has 0 N–H and O–H groups in total. The van der Waals surface area contributed by atoms with Gasteiger partial charge in [0.2, 0.25) is 5.95 Å². The molecule has 0 aromatic carbocycles. The molecule has 18 heavy (non-hydrogen) atoms. The van der Waals surface area contributed by atoms with Gasteiger partial charge in [-0.15, -0.1) is 0 Å². The number of aromatic nitrogens is 2. The van der Waals surface area contributed by atoms with Crippen molar-refractivity contribution in [1.82, 2.24) is 9.97 Å². The first kappa shape index (κ1) is 12.6. The molecular formula is C11H16N6O. The molecule has 0 spiro atoms. The molecule has 1 aliphatic heterocycles. The summed E-state index contributed by atoms with van der Waals surface area (Å²) in [6, 6.07) is 1.87. The van der Waals surface area contributed by atoms with E-state index >= 15 is 0 Å². The van der Waals surface area contributed by atoms with Crippen LogP contribution in [0.2, 0.25) is 0 Å². The first-order valence-electron chi connectivity index (χ1n) is 5.89. The van der Waals surface area contributed by atoms with Gasteiger partial charge in [0.1, 0.15) is 5.82 Å². The summed E-state index contributed by atoms with van der Waals surface area (Å²) in [6.07, 6.45) is 0.147. The number of anilines is 1. The highest BCUT2D eigenvalue weighted by molar-refractivity contribution is 5.41. The van der Waals surface area contributed by atoms with Crippen LogP contribution < -0.4 is 4.90 Å². The molecule has 2 heterocycles. The summed E-state index contributed by atoms with van der Waals surface area (Å²) < 4.78 is 5.57. The van der Waals surface area contributed by atoms with Gasteiger partial charge in [0, 0.05) is 17.2 Å². The number of rotatable bonds is 2. The molecule has 1 saturated heterocycles. The van der Waals surface area contributed by atoms with E-state index in [0.29, 0.717) is 18.4 Å². The molecule has 0 bridgehead atoms. The second-order valence-electron chi connectivity index (χ2n) is 4.50. The van der Waals surface area contributed by atoms with Gasteiger partial charge >= 0.3 is 0 Å². The number of morpholine rings is 1. The van der Waals surface area contributed by atoms with E-state index in [4.69, 9.17) is 10.3 Å². The maximum atomic E-state index is 8.47. The second kappa shape index (κ2) is 5.20. The summed E-state index contributed by atoms with van der Waals surface area (Å²) >= 11 is 0. The first-order valence-corrected chi connectivity index (χ1v) is 5.89. The molecule has 0 unspecified atom stereocenters. The Kier molecular flexibility index (Phi) is 3.64. The van der Waals surface area contributed by atoms with E-state index in [1.54, 1.807) is 6.07 Å². The smallest absolute Gasteiger partial charge is 0.226 e. The Bertz CT molecular complexity index is 484. The minimum absolute atomic E-state index is 0.147. The summed E-state index contributed by atoms with van der Waals surface area (Å²) in [5, 5.41) is 3.54. The molecule has 7 heteroatoms. The molecule has 0 aliphatic carbocycles. The summed E-state index contributed by atoms with van der Waals surface area (Å²) in [4.78, 5) is 13.5. The lowest BCUT2D eigenvalue weighted by atomic mass is 10.2. The zero-order valence-electron chi connectivity index (χ0n) is 10.7. The fraction of sp³-hybridized carbons (Fsp3) is 0.636. The van der Waals surface area contributed by atoms with Crippen molar-refractivity contribution in [3.63, 3.8) is 0 Å². The molecule has 2 atom stereocenters. The zero-order valence-corrected chi connectivity index (χ0v) is 10.7. The molecule has 1 aromatic rings. The van der Waals surface area contributed by atoms with Gasteiger partial charge in [0.25, 0.3) is 0 Å². The molecule has 0 saturated carbocycles. The van der Waals surface area contributed by atoms with Gasteiger partial charge < -0.3 is 9.64 Å². The third-order valence-electron chi connectivity index (χ3n) is 2.84. The van der Waals surface area contributed by atoms with E-state index in [1.165, 1.54) is 0 Å². The van der Waals surface area contributed by atoms with Crippen LogP contribution in [-0.4, -0.2) is 35.3 Å². The van der Waals surface area contributed by atoms with Crippen molar-refractivity contribution in [3.05, 3.63) is 22.2 Å². The highest BCUT2D eigenvalue weighted by Gasteiger charge is 2.25. The summed E-state index contributed by atoms with van der Waals surface area (Å²) in [6.45, 7) is 7.32. The van der Waals surface area contributed by atoms with Gasteiger partial charge in [0.05, 0.1) is 18.8 Å². The number of hydrogen-bond acceptors (Lipinski definition) is 5. The maximum absolute atomic E-state index is 8.47. The van der Waals surface area contributed by atoms with Gasteiger partial charge in [-0.1, -0.05) is 0 Å². The van der Waals surface area contributed by atoms with Crippen molar-refractivity contribution in [1.29, 1.82) is 0 Å². The first-order chi connectivity index (χ1) is 8.60. The van der Waals surface area contributed by atoms with E-state index in [-0.39, 0.29) is 12.1 Å². The molecular weight excluding hydrogens is 232 g/mol. The Morgan fingerprint density at radius 1 is 1.50 bits per heavy atom. The normalized spacial score (nSPS) is 23.6. The van der Waals surface area contributed by atoms with E-state index in [0.717, 1.165) is 12.2 Å². The lowest BCUT2D eigenvalue weighted by Gasteiger charge is -2.36. The van der Waals surface area contributed by atoms with Crippen molar-refractivity contribution >= 4 is 11.8 Å². The fourth-order valence-electron chi connectivity index (χ4n) is 1.94. The monoisotopic (exact) mass is 248 g/mol. The topological polar surface area (TPSA) is 87.0 Å². The van der Waals surface area contributed by atoms with Crippen LogP contribution in [0.15, 0.2) is 11.2 Å². The second-order valence-corrected chi connectivity index (χ2v) is 4.50. The molecule has 2 rings (SSSR count). The van der Waals surface area contributed by atoms with Crippen LogP contribution in [0.4, 0.5) is 11.8 Å². The number of nitrogens with zero attached hydrogens (tertiary/aromatic N) is 6. The Morgan fingerprint density at radius 3 is 3.00 bits per heavy atom. The Morgan fingerprint density at radius 2 is 2.28 bits per heavy atom. The summed E-state index contributed by atoms with van der Waals surface area (Å²) in [5.41, 5.74) is 9.26. The molecule has 1 fully saturated rings. The van der Waals surface area contributed by atoms with Crippen LogP contribution in [-0.2, 0) is 4.74 Å². The van der Waals surface area contributed by atoms with Gasteiger partial charge in [-0.2, -0.15) is 0 Å². The van der Waals surface area contributed by atoms with Gasteiger partial charge in [-0.25, -0.2) is 9.97 Å². The fourth-order valence-corrected chi connectivity index (χ4v) is 1.94. The summed E-state index contributed by atoms with van der Waals surface area (Å²) in [5.74, 6) is 0.950. The molecule has 0 radical (unpaired) electrons. The van der Waals surface area contributed by atoms with Crippen molar-refractivity contribution in [2.24, 2.45) is 5.11 Å². The van der Waals surface area contributed by atoms with Crippen molar-refractivity contribution in [2.45, 2.75) is 32.9 Å². The molecule has 7 nitrogen and oxygen atoms in total. The average molecular weight is 248 g/mol. The SMILES string of the molecule is Cc1cc(N=[N+]=[N-])nc(N2C[C@@H](C)OC[C@H]2C)n1. The minimum Gasteiger partial charge on any atom is -0.375 e. The predicted octanol–water partition coefficient (Wildman–Crippen LogP) is 2.34. The largest absolute Gasteiger partial charge is 0.375 e. The van der Waals surface area contributed by atoms with Crippen LogP contribution >= 0.6 is 0 Å². The van der Waals surface area contributed by atoms with Crippen LogP contribution in [0, 0.1) is 6.92 Å². The number of ether oxygens (including phenoxy) is 1. The highest BCUT2D eigenvalue weighted by Crippen LogP contribution is 2.21. The average Bonchev–Trinajstić information content (AvgIpc) is 2.32. The van der Waals surface area contributed by atoms with E-state index < -0.39 is 0 Å². The van der Waals surface area contributed by atoms with E-state index in [2.05, 4.69) is 31.8 Å². The molecule has 0 amide bonds. The van der Waals surface area contributed by atoms with Gasteiger partial charge in [-0.05, 0) is 37.5 Å². The third kappa shape index (κ3) is 2.69. The third-order valence-corrected chi connectivity index (χ3v) is 2.84. The predicted molar refractivity (Wildman–Crippen MR) is 67.8 cm³/mol. The number of azide groups is 1. The van der Waals surface area contributed by atoms with Crippen molar-refractivity contribution in [2.75, 3.05) is 18.1 Å². The van der Waals surface area contributed by atoms with Crippen molar-refractivity contribution < 1.29 is 4.74 Å². The van der Waals surface area contributed by atoms with Crippen LogP contribution in [0.3, 0.4) is 0 Å². The standard InChI is InChI=1S/C11H16N6O/c1-7-4-10(15-16-12)14-11(13-7)17-5-9(3)18-6-8(17)2/h4,8-9H,5-6H2,1-3H3/t8-,9-/m1/s1. The Labute approximate surface area is 105 Å². The maximum Gasteiger partial charge on any atom is 0.226 e. The van der Waals surface area contributed by atoms with Crippen LogP contribution in [0.25, 0.3) is 10.4 Å².